The molecule has 0 aliphatic carbocycles. The van der Waals surface area contributed by atoms with Gasteiger partial charge in [-0.05, 0) is 13.0 Å². The number of hydroxylamine groups is 1. The van der Waals surface area contributed by atoms with E-state index in [-0.39, 0.29) is 36.7 Å². The number of nitrogens with one attached hydrogen (secondary N) is 1. The smallest absolute Gasteiger partial charge is 0.186 e. The summed E-state index contributed by atoms with van der Waals surface area (Å²) in [4.78, 5) is 3.80. The summed E-state index contributed by atoms with van der Waals surface area (Å²) in [6.07, 6.45) is -1.91. The molecular formula is C14H15F2N3O4. The number of aliphatic hydroxyl groups is 1. The first kappa shape index (κ1) is 17.2. The number of benzene rings is 1. The van der Waals surface area contributed by atoms with Gasteiger partial charge in [-0.25, -0.2) is 8.78 Å². The highest BCUT2D eigenvalue weighted by Gasteiger charge is 2.28. The van der Waals surface area contributed by atoms with Crippen molar-refractivity contribution >= 4 is 5.84 Å². The van der Waals surface area contributed by atoms with Gasteiger partial charge in [0, 0.05) is 5.56 Å². The molecule has 1 heterocycles. The van der Waals surface area contributed by atoms with Crippen molar-refractivity contribution in [1.29, 1.82) is 5.26 Å². The molecule has 1 saturated heterocycles. The number of halogens is 2. The van der Waals surface area contributed by atoms with Gasteiger partial charge in [0.05, 0.1) is 31.4 Å². The molecule has 0 aromatic heterocycles. The molecule has 3 N–H and O–H groups in total. The summed E-state index contributed by atoms with van der Waals surface area (Å²) in [6.45, 7) is 1.79. The molecule has 0 amide bonds. The number of nitriles is 1. The van der Waals surface area contributed by atoms with Gasteiger partial charge in [0.2, 0.25) is 0 Å². The Labute approximate surface area is 130 Å². The van der Waals surface area contributed by atoms with E-state index in [4.69, 9.17) is 19.9 Å². The fourth-order valence-corrected chi connectivity index (χ4v) is 2.04. The number of amidine groups is 1. The highest BCUT2D eigenvalue weighted by atomic mass is 19.1. The minimum atomic E-state index is -1.18. The van der Waals surface area contributed by atoms with Crippen LogP contribution in [0.3, 0.4) is 0 Å². The molecule has 1 atom stereocenters. The van der Waals surface area contributed by atoms with Crippen LogP contribution in [0, 0.1) is 23.0 Å². The first-order valence-corrected chi connectivity index (χ1v) is 6.77. The lowest BCUT2D eigenvalue weighted by Crippen LogP contribution is -2.25. The van der Waals surface area contributed by atoms with Gasteiger partial charge in [0.25, 0.3) is 0 Å². The third-order valence-electron chi connectivity index (χ3n) is 3.09. The van der Waals surface area contributed by atoms with Gasteiger partial charge in [0.15, 0.2) is 23.8 Å². The fraction of sp³-hybridized carbons (Fsp3) is 0.429. The largest absolute Gasteiger partial charge is 0.391 e. The lowest BCUT2D eigenvalue weighted by atomic mass is 10.0. The van der Waals surface area contributed by atoms with Crippen LogP contribution in [0.4, 0.5) is 8.78 Å². The summed E-state index contributed by atoms with van der Waals surface area (Å²) >= 11 is 0. The van der Waals surface area contributed by atoms with Crippen molar-refractivity contribution < 1.29 is 28.6 Å². The molecule has 2 rings (SSSR count). The van der Waals surface area contributed by atoms with Crippen molar-refractivity contribution in [2.75, 3.05) is 19.8 Å². The molecule has 1 unspecified atom stereocenters. The van der Waals surface area contributed by atoms with E-state index in [1.807, 2.05) is 0 Å². The molecule has 0 bridgehead atoms. The van der Waals surface area contributed by atoms with Crippen LogP contribution in [0.2, 0.25) is 0 Å². The molecule has 23 heavy (non-hydrogen) atoms. The number of aliphatic hydroxyl groups excluding tert-OH is 1. The highest BCUT2D eigenvalue weighted by Crippen LogP contribution is 2.30. The normalized spacial score (nSPS) is 17.1. The molecule has 0 saturated carbocycles. The van der Waals surface area contributed by atoms with Gasteiger partial charge in [-0.15, -0.1) is 0 Å². The van der Waals surface area contributed by atoms with Crippen molar-refractivity contribution in [3.8, 4) is 6.07 Å². The summed E-state index contributed by atoms with van der Waals surface area (Å²) in [5.41, 5.74) is 0.348. The van der Waals surface area contributed by atoms with E-state index in [0.29, 0.717) is 0 Å². The second-order valence-corrected chi connectivity index (χ2v) is 4.85. The zero-order valence-corrected chi connectivity index (χ0v) is 12.2. The quantitative estimate of drug-likeness (QED) is 0.432. The van der Waals surface area contributed by atoms with Gasteiger partial charge in [0.1, 0.15) is 11.6 Å². The predicted octanol–water partition coefficient (Wildman–Crippen LogP) is 0.988. The molecule has 1 aliphatic rings. The van der Waals surface area contributed by atoms with Crippen LogP contribution >= 0.6 is 0 Å². The summed E-state index contributed by atoms with van der Waals surface area (Å²) in [5.74, 6) is -2.62. The third kappa shape index (κ3) is 3.62. The maximum Gasteiger partial charge on any atom is 0.186 e. The van der Waals surface area contributed by atoms with Crippen LogP contribution in [0.25, 0.3) is 0 Å². The second kappa shape index (κ2) is 7.43. The Kier molecular flexibility index (Phi) is 5.57. The topological polar surface area (TPSA) is 107 Å². The van der Waals surface area contributed by atoms with Gasteiger partial charge >= 0.3 is 0 Å². The Bertz CT molecular complexity index is 652. The van der Waals surface area contributed by atoms with E-state index in [0.717, 1.165) is 6.07 Å². The molecule has 9 heteroatoms. The Morgan fingerprint density at radius 2 is 2.13 bits per heavy atom. The van der Waals surface area contributed by atoms with Crippen LogP contribution in [0.1, 0.15) is 29.9 Å². The Hall–Kier alpha value is -2.12. The van der Waals surface area contributed by atoms with E-state index in [1.54, 1.807) is 5.48 Å². The molecule has 1 aromatic carbocycles. The van der Waals surface area contributed by atoms with E-state index >= 15 is 0 Å². The highest BCUT2D eigenvalue weighted by molar-refractivity contribution is 5.98. The van der Waals surface area contributed by atoms with Crippen molar-refractivity contribution in [2.24, 2.45) is 4.99 Å². The summed E-state index contributed by atoms with van der Waals surface area (Å²) in [5, 5.41) is 27.3. The number of hydrogen-bond acceptors (Lipinski definition) is 6. The molecule has 7 nitrogen and oxygen atoms in total. The SMILES string of the molecule is CC(O)CN=C(NO)c1cc(C2OCCO2)c(F)c(C#N)c1F. The first-order valence-electron chi connectivity index (χ1n) is 6.77. The fourth-order valence-electron chi connectivity index (χ4n) is 2.04. The van der Waals surface area contributed by atoms with E-state index in [2.05, 4.69) is 4.99 Å². The molecule has 1 aliphatic heterocycles. The maximum absolute atomic E-state index is 14.3. The third-order valence-corrected chi connectivity index (χ3v) is 3.09. The number of ether oxygens (including phenoxy) is 2. The van der Waals surface area contributed by atoms with Crippen LogP contribution in [0.5, 0.6) is 0 Å². The van der Waals surface area contributed by atoms with Crippen molar-refractivity contribution in [3.63, 3.8) is 0 Å². The Balaban J connectivity index is 2.56. The van der Waals surface area contributed by atoms with E-state index in [1.165, 1.54) is 13.0 Å². The van der Waals surface area contributed by atoms with E-state index in [9.17, 15) is 13.9 Å². The standard InChI is InChI=1S/C14H15F2N3O4/c1-7(20)6-18-13(19-21)8-4-9(14-22-2-3-23-14)12(16)10(5-17)11(8)15/h4,7,14,20-21H,2-3,6H2,1H3,(H,18,19). The second-order valence-electron chi connectivity index (χ2n) is 4.85. The van der Waals surface area contributed by atoms with Gasteiger partial charge in [-0.3, -0.25) is 15.7 Å². The molecule has 124 valence electrons. The number of aliphatic imine (C=N–C) groups is 1. The van der Waals surface area contributed by atoms with Crippen LogP contribution in [-0.4, -0.2) is 42.0 Å². The number of hydrogen-bond donors (Lipinski definition) is 3. The summed E-state index contributed by atoms with van der Waals surface area (Å²) in [7, 11) is 0. The molecule has 1 fully saturated rings. The van der Waals surface area contributed by atoms with Gasteiger partial charge in [-0.1, -0.05) is 0 Å². The van der Waals surface area contributed by atoms with Crippen LogP contribution < -0.4 is 5.48 Å². The average molecular weight is 327 g/mol. The molecular weight excluding hydrogens is 312 g/mol. The lowest BCUT2D eigenvalue weighted by Gasteiger charge is -2.15. The molecule has 1 aromatic rings. The van der Waals surface area contributed by atoms with Gasteiger partial charge < -0.3 is 14.6 Å². The Morgan fingerprint density at radius 3 is 2.65 bits per heavy atom. The molecule has 0 radical (unpaired) electrons. The average Bonchev–Trinajstić information content (AvgIpc) is 3.04. The van der Waals surface area contributed by atoms with Crippen molar-refractivity contribution in [1.82, 2.24) is 5.48 Å². The maximum atomic E-state index is 14.3. The zero-order chi connectivity index (χ0) is 17.0. The number of rotatable bonds is 4. The first-order chi connectivity index (χ1) is 11.0. The van der Waals surface area contributed by atoms with Gasteiger partial charge in [-0.2, -0.15) is 5.26 Å². The predicted molar refractivity (Wildman–Crippen MR) is 73.7 cm³/mol. The monoisotopic (exact) mass is 327 g/mol. The minimum absolute atomic E-state index is 0.132. The zero-order valence-electron chi connectivity index (χ0n) is 12.2. The summed E-state index contributed by atoms with van der Waals surface area (Å²) in [6, 6.07) is 2.48. The van der Waals surface area contributed by atoms with Crippen molar-refractivity contribution in [2.45, 2.75) is 19.3 Å². The number of nitrogens with zero attached hydrogens (tertiary/aromatic N) is 2. The van der Waals surface area contributed by atoms with Crippen molar-refractivity contribution in [3.05, 3.63) is 34.4 Å². The van der Waals surface area contributed by atoms with E-state index < -0.39 is 29.6 Å². The van der Waals surface area contributed by atoms with Crippen LogP contribution in [-0.2, 0) is 9.47 Å². The summed E-state index contributed by atoms with van der Waals surface area (Å²) < 4.78 is 38.9. The minimum Gasteiger partial charge on any atom is -0.391 e. The van der Waals surface area contributed by atoms with Crippen LogP contribution in [0.15, 0.2) is 11.1 Å². The lowest BCUT2D eigenvalue weighted by molar-refractivity contribution is -0.0465. The Morgan fingerprint density at radius 1 is 1.48 bits per heavy atom. The molecule has 0 spiro atoms.